The average Bonchev–Trinajstić information content (AvgIpc) is 2.21. The first-order valence-electron chi connectivity index (χ1n) is 4.87. The Morgan fingerprint density at radius 2 is 2.07 bits per heavy atom. The third kappa shape index (κ3) is 4.83. The standard InChI is InChI=1S/C11H14BrNO2/c1-2-13-11(14)7-8-15-10-5-3-9(12)4-6-10/h3-6H,2,7-8H2,1H3,(H,13,14). The fraction of sp³-hybridized carbons (Fsp3) is 0.364. The van der Waals surface area contributed by atoms with Crippen LogP contribution in [-0.4, -0.2) is 19.1 Å². The van der Waals surface area contributed by atoms with Gasteiger partial charge in [0.1, 0.15) is 5.75 Å². The molecular formula is C11H14BrNO2. The van der Waals surface area contributed by atoms with Crippen molar-refractivity contribution in [2.24, 2.45) is 0 Å². The van der Waals surface area contributed by atoms with E-state index in [-0.39, 0.29) is 5.91 Å². The van der Waals surface area contributed by atoms with Gasteiger partial charge < -0.3 is 10.1 Å². The normalized spacial score (nSPS) is 9.73. The molecule has 0 saturated carbocycles. The van der Waals surface area contributed by atoms with Crippen LogP contribution in [0, 0.1) is 0 Å². The molecule has 0 heterocycles. The molecular weight excluding hydrogens is 258 g/mol. The second-order valence-electron chi connectivity index (χ2n) is 3.01. The number of benzene rings is 1. The molecule has 0 unspecified atom stereocenters. The van der Waals surface area contributed by atoms with E-state index >= 15 is 0 Å². The van der Waals surface area contributed by atoms with Gasteiger partial charge in [-0.2, -0.15) is 0 Å². The van der Waals surface area contributed by atoms with Gasteiger partial charge in [-0.15, -0.1) is 0 Å². The Bertz CT molecular complexity index is 311. The molecule has 15 heavy (non-hydrogen) atoms. The maximum Gasteiger partial charge on any atom is 0.223 e. The fourth-order valence-corrected chi connectivity index (χ4v) is 1.34. The summed E-state index contributed by atoms with van der Waals surface area (Å²) in [5.41, 5.74) is 0. The van der Waals surface area contributed by atoms with Gasteiger partial charge in [0.25, 0.3) is 0 Å². The van der Waals surface area contributed by atoms with Crippen LogP contribution in [-0.2, 0) is 4.79 Å². The van der Waals surface area contributed by atoms with Crippen molar-refractivity contribution in [2.45, 2.75) is 13.3 Å². The van der Waals surface area contributed by atoms with E-state index in [4.69, 9.17) is 4.74 Å². The zero-order valence-electron chi connectivity index (χ0n) is 8.63. The quantitative estimate of drug-likeness (QED) is 0.893. The molecule has 0 saturated heterocycles. The molecule has 0 aliphatic carbocycles. The molecule has 0 fully saturated rings. The van der Waals surface area contributed by atoms with Gasteiger partial charge in [-0.3, -0.25) is 4.79 Å². The lowest BCUT2D eigenvalue weighted by molar-refractivity contribution is -0.121. The molecule has 82 valence electrons. The molecule has 0 aromatic heterocycles. The molecule has 1 N–H and O–H groups in total. The Morgan fingerprint density at radius 1 is 1.40 bits per heavy atom. The summed E-state index contributed by atoms with van der Waals surface area (Å²) in [5, 5.41) is 2.71. The number of hydrogen-bond acceptors (Lipinski definition) is 2. The molecule has 0 bridgehead atoms. The minimum atomic E-state index is 0.0228. The van der Waals surface area contributed by atoms with E-state index in [2.05, 4.69) is 21.2 Å². The minimum absolute atomic E-state index is 0.0228. The minimum Gasteiger partial charge on any atom is -0.493 e. The van der Waals surface area contributed by atoms with Gasteiger partial charge in [0.05, 0.1) is 13.0 Å². The van der Waals surface area contributed by atoms with E-state index in [9.17, 15) is 4.79 Å². The van der Waals surface area contributed by atoms with Crippen LogP contribution in [0.3, 0.4) is 0 Å². The van der Waals surface area contributed by atoms with Crippen LogP contribution < -0.4 is 10.1 Å². The van der Waals surface area contributed by atoms with Crippen molar-refractivity contribution < 1.29 is 9.53 Å². The van der Waals surface area contributed by atoms with Crippen molar-refractivity contribution in [3.8, 4) is 5.75 Å². The molecule has 0 aliphatic heterocycles. The second-order valence-corrected chi connectivity index (χ2v) is 3.92. The van der Waals surface area contributed by atoms with Crippen LogP contribution in [0.2, 0.25) is 0 Å². The SMILES string of the molecule is CCNC(=O)CCOc1ccc(Br)cc1. The summed E-state index contributed by atoms with van der Waals surface area (Å²) in [7, 11) is 0. The van der Waals surface area contributed by atoms with Gasteiger partial charge in [-0.1, -0.05) is 15.9 Å². The number of amides is 1. The van der Waals surface area contributed by atoms with E-state index in [0.29, 0.717) is 19.6 Å². The van der Waals surface area contributed by atoms with Crippen molar-refractivity contribution in [2.75, 3.05) is 13.2 Å². The predicted molar refractivity (Wildman–Crippen MR) is 62.9 cm³/mol. The van der Waals surface area contributed by atoms with Crippen LogP contribution in [0.25, 0.3) is 0 Å². The van der Waals surface area contributed by atoms with E-state index < -0.39 is 0 Å². The number of nitrogens with one attached hydrogen (secondary N) is 1. The second kappa shape index (κ2) is 6.45. The number of carbonyl (C=O) groups excluding carboxylic acids is 1. The van der Waals surface area contributed by atoms with Gasteiger partial charge in [-0.25, -0.2) is 0 Å². The van der Waals surface area contributed by atoms with Crippen LogP contribution in [0.5, 0.6) is 5.75 Å². The summed E-state index contributed by atoms with van der Waals surface area (Å²) in [4.78, 5) is 11.1. The Labute approximate surface area is 97.9 Å². The first-order valence-corrected chi connectivity index (χ1v) is 5.66. The lowest BCUT2D eigenvalue weighted by Crippen LogP contribution is -2.24. The zero-order valence-corrected chi connectivity index (χ0v) is 10.2. The Kier molecular flexibility index (Phi) is 5.18. The Morgan fingerprint density at radius 3 is 2.67 bits per heavy atom. The molecule has 0 spiro atoms. The molecule has 0 radical (unpaired) electrons. The summed E-state index contributed by atoms with van der Waals surface area (Å²) < 4.78 is 6.41. The van der Waals surface area contributed by atoms with Crippen molar-refractivity contribution in [1.82, 2.24) is 5.32 Å². The molecule has 3 nitrogen and oxygen atoms in total. The third-order valence-electron chi connectivity index (χ3n) is 1.79. The van der Waals surface area contributed by atoms with Crippen LogP contribution in [0.1, 0.15) is 13.3 Å². The average molecular weight is 272 g/mol. The highest BCUT2D eigenvalue weighted by Gasteiger charge is 1.99. The molecule has 4 heteroatoms. The zero-order chi connectivity index (χ0) is 11.1. The first kappa shape index (κ1) is 12.0. The lowest BCUT2D eigenvalue weighted by Gasteiger charge is -2.05. The van der Waals surface area contributed by atoms with E-state index in [0.717, 1.165) is 10.2 Å². The van der Waals surface area contributed by atoms with Crippen molar-refractivity contribution >= 4 is 21.8 Å². The fourth-order valence-electron chi connectivity index (χ4n) is 1.08. The van der Waals surface area contributed by atoms with Gasteiger partial charge in [-0.05, 0) is 31.2 Å². The summed E-state index contributed by atoms with van der Waals surface area (Å²) in [6, 6.07) is 7.53. The molecule has 1 amide bonds. The molecule has 1 aromatic carbocycles. The van der Waals surface area contributed by atoms with Crippen LogP contribution >= 0.6 is 15.9 Å². The summed E-state index contributed by atoms with van der Waals surface area (Å²) >= 11 is 3.34. The highest BCUT2D eigenvalue weighted by molar-refractivity contribution is 9.10. The smallest absolute Gasteiger partial charge is 0.223 e. The van der Waals surface area contributed by atoms with Gasteiger partial charge in [0.15, 0.2) is 0 Å². The van der Waals surface area contributed by atoms with Crippen molar-refractivity contribution in [3.63, 3.8) is 0 Å². The number of ether oxygens (including phenoxy) is 1. The maximum atomic E-state index is 11.1. The number of hydrogen-bond donors (Lipinski definition) is 1. The topological polar surface area (TPSA) is 38.3 Å². The maximum absolute atomic E-state index is 11.1. The van der Waals surface area contributed by atoms with E-state index in [1.54, 1.807) is 0 Å². The largest absolute Gasteiger partial charge is 0.493 e. The number of rotatable bonds is 5. The van der Waals surface area contributed by atoms with Gasteiger partial charge in [0, 0.05) is 11.0 Å². The van der Waals surface area contributed by atoms with E-state index in [1.165, 1.54) is 0 Å². The van der Waals surface area contributed by atoms with Crippen LogP contribution in [0.4, 0.5) is 0 Å². The summed E-state index contributed by atoms with van der Waals surface area (Å²) in [5.74, 6) is 0.803. The van der Waals surface area contributed by atoms with Crippen molar-refractivity contribution in [3.05, 3.63) is 28.7 Å². The monoisotopic (exact) mass is 271 g/mol. The summed E-state index contributed by atoms with van der Waals surface area (Å²) in [6.07, 6.45) is 0.393. The number of carbonyl (C=O) groups is 1. The van der Waals surface area contributed by atoms with Crippen LogP contribution in [0.15, 0.2) is 28.7 Å². The lowest BCUT2D eigenvalue weighted by atomic mass is 10.3. The molecule has 1 aromatic rings. The molecule has 1 rings (SSSR count). The summed E-state index contributed by atoms with van der Waals surface area (Å²) in [6.45, 7) is 2.97. The molecule has 0 atom stereocenters. The highest BCUT2D eigenvalue weighted by Crippen LogP contribution is 2.15. The van der Waals surface area contributed by atoms with Crippen molar-refractivity contribution in [1.29, 1.82) is 0 Å². The predicted octanol–water partition coefficient (Wildman–Crippen LogP) is 2.35. The number of halogens is 1. The molecule has 0 aliphatic rings. The third-order valence-corrected chi connectivity index (χ3v) is 2.31. The first-order chi connectivity index (χ1) is 7.22. The Balaban J connectivity index is 2.26. The van der Waals surface area contributed by atoms with Gasteiger partial charge in [0.2, 0.25) is 5.91 Å². The van der Waals surface area contributed by atoms with E-state index in [1.807, 2.05) is 31.2 Å². The Hall–Kier alpha value is -1.03. The van der Waals surface area contributed by atoms with Gasteiger partial charge >= 0.3 is 0 Å². The highest BCUT2D eigenvalue weighted by atomic mass is 79.9.